The lowest BCUT2D eigenvalue weighted by molar-refractivity contribution is -0.209. The number of nitrogens with one attached hydrogen (secondary N) is 1. The lowest BCUT2D eigenvalue weighted by atomic mass is 9.55. The molecule has 7 rings (SSSR count). The van der Waals surface area contributed by atoms with Crippen molar-refractivity contribution in [3.05, 3.63) is 53.9 Å². The van der Waals surface area contributed by atoms with Gasteiger partial charge in [-0.1, -0.05) is 5.16 Å². The highest BCUT2D eigenvalue weighted by atomic mass is 19.3. The van der Waals surface area contributed by atoms with E-state index in [4.69, 9.17) is 4.52 Å². The Morgan fingerprint density at radius 1 is 1.19 bits per heavy atom. The van der Waals surface area contributed by atoms with E-state index >= 15 is 0 Å². The number of carbonyl (C=O) groups excluding carboxylic acids is 1. The molecule has 43 heavy (non-hydrogen) atoms. The van der Waals surface area contributed by atoms with E-state index in [1.165, 1.54) is 6.20 Å². The van der Waals surface area contributed by atoms with Crippen molar-refractivity contribution in [1.29, 1.82) is 0 Å². The van der Waals surface area contributed by atoms with Gasteiger partial charge in [0.15, 0.2) is 0 Å². The van der Waals surface area contributed by atoms with E-state index in [9.17, 15) is 27.5 Å². The molecule has 4 aromatic rings. The molecular weight excluding hydrogens is 572 g/mol. The SMILES string of the molecule is Cc1ncc(-c2noc(C3CN(CC(F)F)C3)n2)cc1NC(=O)c1cnn2ccc(N3CC4(C3)CC(O)(C(F)F)C4)cc12. The van der Waals surface area contributed by atoms with Crippen LogP contribution in [0.25, 0.3) is 16.9 Å². The lowest BCUT2D eigenvalue weighted by Gasteiger charge is -2.62. The number of aliphatic hydroxyl groups is 1. The van der Waals surface area contributed by atoms with Gasteiger partial charge in [-0.25, -0.2) is 22.1 Å². The van der Waals surface area contributed by atoms with Crippen molar-refractivity contribution < 1.29 is 32.0 Å². The largest absolute Gasteiger partial charge is 0.384 e. The fraction of sp³-hybridized carbons (Fsp3) is 0.464. The highest BCUT2D eigenvalue weighted by Gasteiger charge is 2.63. The molecule has 1 aliphatic carbocycles. The number of likely N-dealkylation sites (tertiary alicyclic amines) is 1. The van der Waals surface area contributed by atoms with Crippen molar-refractivity contribution in [1.82, 2.24) is 29.6 Å². The number of hydrogen-bond acceptors (Lipinski definition) is 9. The number of pyridine rings is 2. The zero-order valence-corrected chi connectivity index (χ0v) is 23.1. The van der Waals surface area contributed by atoms with E-state index in [0.717, 1.165) is 5.69 Å². The zero-order chi connectivity index (χ0) is 30.1. The molecule has 4 aromatic heterocycles. The lowest BCUT2D eigenvalue weighted by Crippen LogP contribution is -2.70. The van der Waals surface area contributed by atoms with Gasteiger partial charge in [-0.2, -0.15) is 10.1 Å². The van der Waals surface area contributed by atoms with Crippen molar-refractivity contribution in [2.75, 3.05) is 42.9 Å². The second-order valence-corrected chi connectivity index (χ2v) is 12.0. The van der Waals surface area contributed by atoms with Gasteiger partial charge in [-0.3, -0.25) is 14.7 Å². The molecule has 6 heterocycles. The molecule has 0 unspecified atom stereocenters. The number of amides is 1. The maximum Gasteiger partial charge on any atom is 0.266 e. The van der Waals surface area contributed by atoms with Crippen LogP contribution in [0.15, 0.2) is 41.3 Å². The van der Waals surface area contributed by atoms with Crippen LogP contribution in [0.2, 0.25) is 0 Å². The number of carbonyl (C=O) groups is 1. The van der Waals surface area contributed by atoms with Gasteiger partial charge in [0, 0.05) is 55.2 Å². The Bertz CT molecular complexity index is 1690. The van der Waals surface area contributed by atoms with Crippen molar-refractivity contribution in [3.8, 4) is 11.4 Å². The quantitative estimate of drug-likeness (QED) is 0.292. The Labute approximate surface area is 242 Å². The smallest absolute Gasteiger partial charge is 0.266 e. The van der Waals surface area contributed by atoms with E-state index in [-0.39, 0.29) is 36.5 Å². The van der Waals surface area contributed by atoms with E-state index < -0.39 is 24.4 Å². The molecule has 2 saturated heterocycles. The van der Waals surface area contributed by atoms with Gasteiger partial charge >= 0.3 is 0 Å². The van der Waals surface area contributed by atoms with Crippen molar-refractivity contribution in [2.45, 2.75) is 44.1 Å². The number of rotatable bonds is 8. The third kappa shape index (κ3) is 4.89. The summed E-state index contributed by atoms with van der Waals surface area (Å²) in [6.07, 6.45) is -0.219. The van der Waals surface area contributed by atoms with Crippen molar-refractivity contribution in [2.24, 2.45) is 5.41 Å². The predicted octanol–water partition coefficient (Wildman–Crippen LogP) is 3.60. The molecule has 226 valence electrons. The summed E-state index contributed by atoms with van der Waals surface area (Å²) in [6, 6.07) is 5.37. The monoisotopic (exact) mass is 600 g/mol. The molecule has 11 nitrogen and oxygen atoms in total. The fourth-order valence-electron chi connectivity index (χ4n) is 6.47. The van der Waals surface area contributed by atoms with Crippen LogP contribution in [0.5, 0.6) is 0 Å². The third-order valence-electron chi connectivity index (χ3n) is 8.67. The van der Waals surface area contributed by atoms with Crippen LogP contribution < -0.4 is 10.2 Å². The molecule has 15 heteroatoms. The molecular formula is C28H28F4N8O3. The number of nitrogens with zero attached hydrogens (tertiary/aromatic N) is 7. The topological polar surface area (TPSA) is 125 Å². The Morgan fingerprint density at radius 3 is 2.67 bits per heavy atom. The average molecular weight is 601 g/mol. The fourth-order valence-corrected chi connectivity index (χ4v) is 6.47. The highest BCUT2D eigenvalue weighted by Crippen LogP contribution is 2.56. The molecule has 0 aromatic carbocycles. The summed E-state index contributed by atoms with van der Waals surface area (Å²) in [5, 5.41) is 21.2. The molecule has 0 bridgehead atoms. The molecule has 0 atom stereocenters. The standard InChI is InChI=1S/C28H28F4N8O3/c1-15-20(4-16(6-33-15)23-36-25(43-37-23)17-8-38(9-17)10-22(29)30)35-24(41)19-7-34-40-3-2-18(5-21(19)40)39-13-27(14-39)11-28(42,12-27)26(31)32/h2-7,17,22,26,42H,8-14H2,1H3,(H,35,41). The molecule has 1 spiro atoms. The van der Waals surface area contributed by atoms with E-state index in [2.05, 4.69) is 25.5 Å². The van der Waals surface area contributed by atoms with Crippen LogP contribution in [0.3, 0.4) is 0 Å². The van der Waals surface area contributed by atoms with Crippen LogP contribution in [0, 0.1) is 12.3 Å². The second-order valence-electron chi connectivity index (χ2n) is 12.0. The molecule has 3 aliphatic rings. The molecule has 1 saturated carbocycles. The highest BCUT2D eigenvalue weighted by molar-refractivity contribution is 6.09. The summed E-state index contributed by atoms with van der Waals surface area (Å²) in [4.78, 5) is 25.8. The summed E-state index contributed by atoms with van der Waals surface area (Å²) in [6.45, 7) is 3.40. The van der Waals surface area contributed by atoms with Gasteiger partial charge in [-0.15, -0.1) is 0 Å². The Morgan fingerprint density at radius 2 is 1.95 bits per heavy atom. The molecule has 0 radical (unpaired) electrons. The first-order valence-electron chi connectivity index (χ1n) is 13.9. The predicted molar refractivity (Wildman–Crippen MR) is 145 cm³/mol. The van der Waals surface area contributed by atoms with Crippen molar-refractivity contribution in [3.63, 3.8) is 0 Å². The average Bonchev–Trinajstić information content (AvgIpc) is 3.55. The van der Waals surface area contributed by atoms with Gasteiger partial charge in [0.2, 0.25) is 11.7 Å². The van der Waals surface area contributed by atoms with Crippen molar-refractivity contribution >= 4 is 22.8 Å². The molecule has 2 aliphatic heterocycles. The number of aryl methyl sites for hydroxylation is 1. The minimum absolute atomic E-state index is 0.0782. The number of hydrogen-bond donors (Lipinski definition) is 2. The van der Waals surface area contributed by atoms with Gasteiger partial charge in [0.25, 0.3) is 18.8 Å². The number of alkyl halides is 4. The minimum atomic E-state index is -2.75. The summed E-state index contributed by atoms with van der Waals surface area (Å²) in [5.41, 5.74) is 1.06. The molecule has 1 amide bonds. The van der Waals surface area contributed by atoms with Gasteiger partial charge in [0.1, 0.15) is 5.60 Å². The number of halogens is 4. The first kappa shape index (κ1) is 27.7. The summed E-state index contributed by atoms with van der Waals surface area (Å²) < 4.78 is 58.3. The van der Waals surface area contributed by atoms with E-state index in [1.807, 2.05) is 17.0 Å². The first-order valence-corrected chi connectivity index (χ1v) is 13.9. The van der Waals surface area contributed by atoms with E-state index in [0.29, 0.717) is 60.1 Å². The number of aromatic nitrogens is 5. The van der Waals surface area contributed by atoms with Crippen LogP contribution in [0.4, 0.5) is 28.9 Å². The molecule has 2 N–H and O–H groups in total. The van der Waals surface area contributed by atoms with Gasteiger partial charge in [0.05, 0.1) is 41.1 Å². The molecule has 3 fully saturated rings. The van der Waals surface area contributed by atoms with Crippen LogP contribution in [0.1, 0.15) is 40.7 Å². The normalized spacial score (nSPS) is 19.6. The maximum absolute atomic E-state index is 13.4. The van der Waals surface area contributed by atoms with Gasteiger partial charge in [-0.05, 0) is 38.0 Å². The Kier molecular flexibility index (Phi) is 6.43. The first-order chi connectivity index (χ1) is 20.5. The van der Waals surface area contributed by atoms with Gasteiger partial charge < -0.3 is 19.8 Å². The van der Waals surface area contributed by atoms with Crippen LogP contribution >= 0.6 is 0 Å². The number of anilines is 2. The Hall–Kier alpha value is -4.11. The van der Waals surface area contributed by atoms with Crippen LogP contribution in [-0.4, -0.2) is 91.8 Å². The van der Waals surface area contributed by atoms with Crippen LogP contribution in [-0.2, 0) is 0 Å². The summed E-state index contributed by atoms with van der Waals surface area (Å²) >= 11 is 0. The Balaban J connectivity index is 1.04. The number of fused-ring (bicyclic) bond motifs is 1. The summed E-state index contributed by atoms with van der Waals surface area (Å²) in [5.74, 6) is 0.118. The van der Waals surface area contributed by atoms with E-state index in [1.54, 1.807) is 34.8 Å². The maximum atomic E-state index is 13.4. The summed E-state index contributed by atoms with van der Waals surface area (Å²) in [7, 11) is 0. The third-order valence-corrected chi connectivity index (χ3v) is 8.67. The minimum Gasteiger partial charge on any atom is -0.384 e. The second kappa shape index (κ2) is 9.98. The zero-order valence-electron chi connectivity index (χ0n) is 23.1.